The lowest BCUT2D eigenvalue weighted by Gasteiger charge is -2.40. The fourth-order valence-electron chi connectivity index (χ4n) is 5.15. The van der Waals surface area contributed by atoms with Gasteiger partial charge in [-0.05, 0) is 12.1 Å². The van der Waals surface area contributed by atoms with Crippen molar-refractivity contribution < 1.29 is 38.8 Å². The number of ketones is 2. The molecular formula is C22H20O8. The van der Waals surface area contributed by atoms with Crippen molar-refractivity contribution in [3.63, 3.8) is 0 Å². The number of carbonyl (C=O) groups is 3. The van der Waals surface area contributed by atoms with Crippen LogP contribution in [0.2, 0.25) is 0 Å². The van der Waals surface area contributed by atoms with Gasteiger partial charge in [0.1, 0.15) is 24.1 Å². The van der Waals surface area contributed by atoms with E-state index in [0.717, 1.165) is 0 Å². The zero-order chi connectivity index (χ0) is 21.6. The van der Waals surface area contributed by atoms with E-state index in [-0.39, 0.29) is 11.1 Å². The third kappa shape index (κ3) is 1.98. The van der Waals surface area contributed by atoms with Gasteiger partial charge in [0.25, 0.3) is 0 Å². The molecule has 0 aromatic heterocycles. The Kier molecular flexibility index (Phi) is 3.75. The highest BCUT2D eigenvalue weighted by molar-refractivity contribution is 6.20. The van der Waals surface area contributed by atoms with Gasteiger partial charge in [-0.1, -0.05) is 25.1 Å². The molecule has 0 bridgehead atoms. The van der Waals surface area contributed by atoms with Crippen LogP contribution in [-0.4, -0.2) is 58.3 Å². The number of epoxide rings is 1. The molecule has 0 radical (unpaired) electrons. The number of carbonyl (C=O) groups excluding carboxylic acids is 3. The number of esters is 1. The summed E-state index contributed by atoms with van der Waals surface area (Å²) in [7, 11) is 1.43. The number of rotatable bonds is 2. The fraction of sp³-hybridized carbons (Fsp3) is 0.409. The molecule has 0 amide bonds. The maximum Gasteiger partial charge on any atom is 0.303 e. The van der Waals surface area contributed by atoms with E-state index in [9.17, 15) is 24.6 Å². The van der Waals surface area contributed by atoms with Crippen LogP contribution in [0, 0.1) is 5.92 Å². The topological polar surface area (TPSA) is 123 Å². The Balaban J connectivity index is 1.75. The molecule has 1 aromatic rings. The number of Topliss-reactive ketones (excluding diaryl/α,β-unsaturated/α-hetero) is 2. The predicted octanol–water partition coefficient (Wildman–Crippen LogP) is 0.810. The van der Waals surface area contributed by atoms with Crippen LogP contribution in [0.25, 0.3) is 0 Å². The second-order valence-corrected chi connectivity index (χ2v) is 8.09. The molecule has 1 aliphatic heterocycles. The van der Waals surface area contributed by atoms with E-state index in [4.69, 9.17) is 14.2 Å². The van der Waals surface area contributed by atoms with E-state index in [0.29, 0.717) is 16.9 Å². The lowest BCUT2D eigenvalue weighted by atomic mass is 9.62. The summed E-state index contributed by atoms with van der Waals surface area (Å²) < 4.78 is 16.6. The van der Waals surface area contributed by atoms with Gasteiger partial charge in [0.2, 0.25) is 5.78 Å². The third-order valence-corrected chi connectivity index (χ3v) is 6.60. The first-order chi connectivity index (χ1) is 14.2. The number of methoxy groups -OCH3 is 1. The number of aliphatic hydroxyl groups excluding tert-OH is 2. The lowest BCUT2D eigenvalue weighted by Crippen LogP contribution is -2.54. The van der Waals surface area contributed by atoms with E-state index < -0.39 is 53.0 Å². The average molecular weight is 412 g/mol. The minimum atomic E-state index is -1.77. The van der Waals surface area contributed by atoms with Gasteiger partial charge in [0.05, 0.1) is 7.11 Å². The molecule has 1 saturated heterocycles. The van der Waals surface area contributed by atoms with Crippen LogP contribution in [0.15, 0.2) is 41.5 Å². The highest BCUT2D eigenvalue weighted by Crippen LogP contribution is 2.68. The van der Waals surface area contributed by atoms with Crippen molar-refractivity contribution in [2.45, 2.75) is 43.4 Å². The minimum Gasteiger partial charge on any atom is -0.496 e. The Morgan fingerprint density at radius 3 is 2.63 bits per heavy atom. The number of hydrogen-bond acceptors (Lipinski definition) is 8. The van der Waals surface area contributed by atoms with Gasteiger partial charge in [-0.25, -0.2) is 0 Å². The predicted molar refractivity (Wildman–Crippen MR) is 101 cm³/mol. The van der Waals surface area contributed by atoms with Crippen LogP contribution in [-0.2, 0) is 19.1 Å². The molecule has 0 saturated carbocycles. The molecule has 156 valence electrons. The molecule has 1 fully saturated rings. The minimum absolute atomic E-state index is 0.0561. The summed E-state index contributed by atoms with van der Waals surface area (Å²) in [5, 5.41) is 21.8. The number of fused-ring (bicyclic) bond motifs is 1. The van der Waals surface area contributed by atoms with Crippen LogP contribution < -0.4 is 4.74 Å². The van der Waals surface area contributed by atoms with E-state index in [1.807, 2.05) is 0 Å². The normalized spacial score (nSPS) is 38.3. The molecule has 0 spiro atoms. The average Bonchev–Trinajstić information content (AvgIpc) is 3.44. The summed E-state index contributed by atoms with van der Waals surface area (Å²) in [6.45, 7) is 2.83. The molecule has 3 aliphatic carbocycles. The second-order valence-electron chi connectivity index (χ2n) is 8.09. The van der Waals surface area contributed by atoms with Crippen molar-refractivity contribution in [3.05, 3.63) is 52.6 Å². The Bertz CT molecular complexity index is 1080. The van der Waals surface area contributed by atoms with Crippen LogP contribution in [0.1, 0.15) is 35.9 Å². The molecule has 30 heavy (non-hydrogen) atoms. The van der Waals surface area contributed by atoms with Gasteiger partial charge in [-0.3, -0.25) is 14.4 Å². The monoisotopic (exact) mass is 412 g/mol. The summed E-state index contributed by atoms with van der Waals surface area (Å²) in [6, 6.07) is 4.79. The largest absolute Gasteiger partial charge is 0.496 e. The van der Waals surface area contributed by atoms with Gasteiger partial charge in [-0.2, -0.15) is 0 Å². The standard InChI is InChI=1S/C22H20O8/c1-9-16(24)17(25)15-12(18(9)29-10(2)23)7-8-21-20(27)14-11(5-4-6-13(14)28-3)19(26)22(15,21)30-21/h4-9,16,18,20,24,27H,1-3H3. The maximum atomic E-state index is 13.6. The molecule has 1 heterocycles. The van der Waals surface area contributed by atoms with Crippen molar-refractivity contribution in [1.29, 1.82) is 0 Å². The van der Waals surface area contributed by atoms with E-state index >= 15 is 0 Å². The molecule has 8 nitrogen and oxygen atoms in total. The van der Waals surface area contributed by atoms with Gasteiger partial charge >= 0.3 is 5.97 Å². The van der Waals surface area contributed by atoms with Gasteiger partial charge in [-0.15, -0.1) is 0 Å². The summed E-state index contributed by atoms with van der Waals surface area (Å²) in [5.74, 6) is -2.12. The van der Waals surface area contributed by atoms with Gasteiger partial charge in [0.15, 0.2) is 17.0 Å². The summed E-state index contributed by atoms with van der Waals surface area (Å²) in [6.07, 6.45) is -0.589. The number of ether oxygens (including phenoxy) is 3. The van der Waals surface area contributed by atoms with E-state index in [2.05, 4.69) is 0 Å². The lowest BCUT2D eigenvalue weighted by molar-refractivity contribution is -0.151. The zero-order valence-electron chi connectivity index (χ0n) is 16.5. The quantitative estimate of drug-likeness (QED) is 0.541. The van der Waals surface area contributed by atoms with Crippen molar-refractivity contribution >= 4 is 17.5 Å². The first-order valence-corrected chi connectivity index (χ1v) is 9.64. The van der Waals surface area contributed by atoms with Crippen molar-refractivity contribution in [3.8, 4) is 5.75 Å². The molecule has 4 aliphatic rings. The van der Waals surface area contributed by atoms with Crippen LogP contribution in [0.3, 0.4) is 0 Å². The first-order valence-electron chi connectivity index (χ1n) is 9.64. The van der Waals surface area contributed by atoms with Crippen molar-refractivity contribution in [2.75, 3.05) is 7.11 Å². The Labute approximate surface area is 171 Å². The highest BCUT2D eigenvalue weighted by Gasteiger charge is 2.83. The molecule has 1 aromatic carbocycles. The second kappa shape index (κ2) is 5.87. The smallest absolute Gasteiger partial charge is 0.303 e. The number of benzene rings is 1. The third-order valence-electron chi connectivity index (χ3n) is 6.60. The Morgan fingerprint density at radius 2 is 1.97 bits per heavy atom. The van der Waals surface area contributed by atoms with Crippen LogP contribution >= 0.6 is 0 Å². The SMILES string of the molecule is COc1cccc2c1C(O)C13C=CC4=C(C(=O)C(O)C(C)C4OC(C)=O)C1(O3)C2=O. The molecule has 8 heteroatoms. The summed E-state index contributed by atoms with van der Waals surface area (Å²) in [4.78, 5) is 38.4. The van der Waals surface area contributed by atoms with Crippen LogP contribution in [0.4, 0.5) is 0 Å². The molecule has 2 N–H and O–H groups in total. The summed E-state index contributed by atoms with van der Waals surface area (Å²) >= 11 is 0. The Morgan fingerprint density at radius 1 is 1.23 bits per heavy atom. The van der Waals surface area contributed by atoms with Crippen molar-refractivity contribution in [1.82, 2.24) is 0 Å². The van der Waals surface area contributed by atoms with Crippen molar-refractivity contribution in [2.24, 2.45) is 5.92 Å². The zero-order valence-corrected chi connectivity index (χ0v) is 16.5. The Hall–Kier alpha value is -2.81. The van der Waals surface area contributed by atoms with Gasteiger partial charge < -0.3 is 24.4 Å². The number of hydrogen-bond donors (Lipinski definition) is 2. The molecule has 6 unspecified atom stereocenters. The molecular weight excluding hydrogens is 392 g/mol. The molecule has 5 rings (SSSR count). The maximum absolute atomic E-state index is 13.6. The number of aliphatic hydroxyl groups is 2. The van der Waals surface area contributed by atoms with E-state index in [1.54, 1.807) is 25.1 Å². The highest BCUT2D eigenvalue weighted by atomic mass is 16.6. The van der Waals surface area contributed by atoms with E-state index in [1.165, 1.54) is 26.2 Å². The first kappa shape index (κ1) is 19.2. The molecule has 6 atom stereocenters. The van der Waals surface area contributed by atoms with Crippen LogP contribution in [0.5, 0.6) is 5.75 Å². The fourth-order valence-corrected chi connectivity index (χ4v) is 5.15. The summed E-state index contributed by atoms with van der Waals surface area (Å²) in [5.41, 5.74) is -2.52. The van der Waals surface area contributed by atoms with Gasteiger partial charge in [0, 0.05) is 35.1 Å².